The van der Waals surface area contributed by atoms with Gasteiger partial charge in [-0.2, -0.15) is 0 Å². The summed E-state index contributed by atoms with van der Waals surface area (Å²) in [6.45, 7) is 6.41. The van der Waals surface area contributed by atoms with E-state index in [1.54, 1.807) is 12.1 Å². The van der Waals surface area contributed by atoms with E-state index in [1.165, 1.54) is 5.56 Å². The lowest BCUT2D eigenvalue weighted by molar-refractivity contribution is 0.162. The molecule has 0 aliphatic carbocycles. The van der Waals surface area contributed by atoms with Crippen LogP contribution in [-0.4, -0.2) is 22.9 Å². The van der Waals surface area contributed by atoms with E-state index in [0.29, 0.717) is 24.6 Å². The van der Waals surface area contributed by atoms with E-state index in [2.05, 4.69) is 6.92 Å². The van der Waals surface area contributed by atoms with Crippen molar-refractivity contribution in [3.63, 3.8) is 0 Å². The molecule has 0 amide bonds. The van der Waals surface area contributed by atoms with Crippen LogP contribution in [-0.2, 0) is 0 Å². The molecule has 0 saturated carbocycles. The highest BCUT2D eigenvalue weighted by Gasteiger charge is 2.18. The summed E-state index contributed by atoms with van der Waals surface area (Å²) in [5, 5.41) is 19.2. The van der Waals surface area contributed by atoms with Crippen molar-refractivity contribution in [2.45, 2.75) is 45.6 Å². The monoisotopic (exact) mass is 237 g/mol. The molecule has 0 bridgehead atoms. The average Bonchev–Trinajstić information content (AvgIpc) is 2.25. The largest absolute Gasteiger partial charge is 0.508 e. The fourth-order valence-electron chi connectivity index (χ4n) is 2.51. The number of rotatable bonds is 5. The molecule has 17 heavy (non-hydrogen) atoms. The first-order valence-corrected chi connectivity index (χ1v) is 6.17. The maximum Gasteiger partial charge on any atom is 0.116 e. The molecule has 4 N–H and O–H groups in total. The van der Waals surface area contributed by atoms with Gasteiger partial charge in [0.05, 0.1) is 6.10 Å². The first kappa shape index (κ1) is 14.0. The van der Waals surface area contributed by atoms with Crippen LogP contribution in [0, 0.1) is 13.8 Å². The molecule has 0 heterocycles. The van der Waals surface area contributed by atoms with E-state index in [-0.39, 0.29) is 0 Å². The van der Waals surface area contributed by atoms with Crippen molar-refractivity contribution in [3.05, 3.63) is 28.8 Å². The van der Waals surface area contributed by atoms with Crippen LogP contribution in [0.2, 0.25) is 0 Å². The topological polar surface area (TPSA) is 66.5 Å². The maximum atomic E-state index is 9.68. The summed E-state index contributed by atoms with van der Waals surface area (Å²) >= 11 is 0. The van der Waals surface area contributed by atoms with Crippen LogP contribution in [0.4, 0.5) is 0 Å². The highest BCUT2D eigenvalue weighted by atomic mass is 16.3. The van der Waals surface area contributed by atoms with Gasteiger partial charge in [-0.25, -0.2) is 0 Å². The molecule has 0 fully saturated rings. The summed E-state index contributed by atoms with van der Waals surface area (Å²) < 4.78 is 0. The molecule has 0 spiro atoms. The second-order valence-corrected chi connectivity index (χ2v) is 4.72. The Morgan fingerprint density at radius 2 is 1.76 bits per heavy atom. The lowest BCUT2D eigenvalue weighted by Gasteiger charge is -2.22. The number of aliphatic hydroxyl groups excluding tert-OH is 1. The summed E-state index contributed by atoms with van der Waals surface area (Å²) in [5.41, 5.74) is 8.86. The Morgan fingerprint density at radius 3 is 2.18 bits per heavy atom. The van der Waals surface area contributed by atoms with E-state index in [4.69, 9.17) is 5.73 Å². The van der Waals surface area contributed by atoms with Crippen molar-refractivity contribution in [1.82, 2.24) is 0 Å². The molecule has 1 rings (SSSR count). The van der Waals surface area contributed by atoms with Gasteiger partial charge < -0.3 is 15.9 Å². The number of benzene rings is 1. The zero-order valence-corrected chi connectivity index (χ0v) is 10.9. The molecule has 0 aliphatic heterocycles. The minimum atomic E-state index is -0.451. The van der Waals surface area contributed by atoms with Gasteiger partial charge in [-0.05, 0) is 61.4 Å². The summed E-state index contributed by atoms with van der Waals surface area (Å²) in [4.78, 5) is 0. The number of phenols is 1. The smallest absolute Gasteiger partial charge is 0.116 e. The minimum Gasteiger partial charge on any atom is -0.508 e. The molecule has 2 atom stereocenters. The van der Waals surface area contributed by atoms with E-state index < -0.39 is 6.10 Å². The van der Waals surface area contributed by atoms with Crippen molar-refractivity contribution in [2.75, 3.05) is 6.54 Å². The van der Waals surface area contributed by atoms with Gasteiger partial charge in [0.1, 0.15) is 5.75 Å². The Morgan fingerprint density at radius 1 is 1.24 bits per heavy atom. The minimum absolute atomic E-state index is 0.298. The standard InChI is InChI=1S/C14H23NO2/c1-4-11(7-13(17)8-15)14-9(2)5-12(16)6-10(14)3/h5-6,11,13,16-17H,4,7-8,15H2,1-3H3. The lowest BCUT2D eigenvalue weighted by Crippen LogP contribution is -2.22. The van der Waals surface area contributed by atoms with Crippen LogP contribution < -0.4 is 5.73 Å². The third-order valence-corrected chi connectivity index (χ3v) is 3.31. The Kier molecular flexibility index (Phi) is 4.97. The molecule has 3 heteroatoms. The van der Waals surface area contributed by atoms with Gasteiger partial charge in [0.2, 0.25) is 0 Å². The first-order chi connectivity index (χ1) is 7.99. The van der Waals surface area contributed by atoms with Crippen LogP contribution in [0.25, 0.3) is 0 Å². The molecule has 96 valence electrons. The molecular formula is C14H23NO2. The highest BCUT2D eigenvalue weighted by molar-refractivity contribution is 5.42. The van der Waals surface area contributed by atoms with Crippen LogP contribution in [0.15, 0.2) is 12.1 Å². The normalized spacial score (nSPS) is 14.6. The molecule has 1 aromatic carbocycles. The number of aryl methyl sites for hydroxylation is 2. The van der Waals surface area contributed by atoms with Gasteiger partial charge in [0.25, 0.3) is 0 Å². The van der Waals surface area contributed by atoms with Crippen LogP contribution in [0.1, 0.15) is 42.4 Å². The number of aliphatic hydroxyl groups is 1. The van der Waals surface area contributed by atoms with Gasteiger partial charge in [-0.3, -0.25) is 0 Å². The van der Waals surface area contributed by atoms with Crippen molar-refractivity contribution in [2.24, 2.45) is 5.73 Å². The number of hydrogen-bond donors (Lipinski definition) is 3. The predicted octanol–water partition coefficient (Wildman–Crippen LogP) is 2.21. The highest BCUT2D eigenvalue weighted by Crippen LogP contribution is 2.32. The summed E-state index contributed by atoms with van der Waals surface area (Å²) in [6, 6.07) is 3.56. The Balaban J connectivity index is 3.03. The van der Waals surface area contributed by atoms with Crippen LogP contribution in [0.3, 0.4) is 0 Å². The number of nitrogens with two attached hydrogens (primary N) is 1. The first-order valence-electron chi connectivity index (χ1n) is 6.17. The van der Waals surface area contributed by atoms with Gasteiger partial charge in [-0.1, -0.05) is 6.92 Å². The molecule has 3 nitrogen and oxygen atoms in total. The van der Waals surface area contributed by atoms with Crippen molar-refractivity contribution in [1.29, 1.82) is 0 Å². The summed E-state index contributed by atoms with van der Waals surface area (Å²) in [5.74, 6) is 0.604. The van der Waals surface area contributed by atoms with E-state index in [1.807, 2.05) is 13.8 Å². The lowest BCUT2D eigenvalue weighted by atomic mass is 9.85. The predicted molar refractivity (Wildman–Crippen MR) is 70.3 cm³/mol. The van der Waals surface area contributed by atoms with Crippen molar-refractivity contribution in [3.8, 4) is 5.75 Å². The second-order valence-electron chi connectivity index (χ2n) is 4.72. The second kappa shape index (κ2) is 6.03. The van der Waals surface area contributed by atoms with Crippen LogP contribution >= 0.6 is 0 Å². The molecule has 0 aromatic heterocycles. The van der Waals surface area contributed by atoms with Crippen molar-refractivity contribution < 1.29 is 10.2 Å². The third kappa shape index (κ3) is 3.45. The Bertz CT molecular complexity index is 353. The van der Waals surface area contributed by atoms with Gasteiger partial charge >= 0.3 is 0 Å². The molecule has 1 aromatic rings. The number of phenolic OH excluding ortho intramolecular Hbond substituents is 1. The molecule has 2 unspecified atom stereocenters. The summed E-state index contributed by atoms with van der Waals surface area (Å²) in [7, 11) is 0. The van der Waals surface area contributed by atoms with Gasteiger partial charge in [-0.15, -0.1) is 0 Å². The summed E-state index contributed by atoms with van der Waals surface area (Å²) in [6.07, 6.45) is 1.19. The van der Waals surface area contributed by atoms with E-state index in [0.717, 1.165) is 17.5 Å². The van der Waals surface area contributed by atoms with Gasteiger partial charge in [0.15, 0.2) is 0 Å². The zero-order valence-electron chi connectivity index (χ0n) is 10.9. The molecule has 0 saturated heterocycles. The maximum absolute atomic E-state index is 9.68. The molecule has 0 radical (unpaired) electrons. The van der Waals surface area contributed by atoms with Gasteiger partial charge in [0, 0.05) is 6.54 Å². The Labute approximate surface area is 103 Å². The number of hydrogen-bond acceptors (Lipinski definition) is 3. The van der Waals surface area contributed by atoms with Crippen molar-refractivity contribution >= 4 is 0 Å². The third-order valence-electron chi connectivity index (χ3n) is 3.31. The zero-order chi connectivity index (χ0) is 13.0. The average molecular weight is 237 g/mol. The van der Waals surface area contributed by atoms with E-state index >= 15 is 0 Å². The number of aromatic hydroxyl groups is 1. The fraction of sp³-hybridized carbons (Fsp3) is 0.571. The molecule has 0 aliphatic rings. The fourth-order valence-corrected chi connectivity index (χ4v) is 2.51. The SMILES string of the molecule is CCC(CC(O)CN)c1c(C)cc(O)cc1C. The Hall–Kier alpha value is -1.06. The van der Waals surface area contributed by atoms with E-state index in [9.17, 15) is 10.2 Å². The van der Waals surface area contributed by atoms with Crippen LogP contribution in [0.5, 0.6) is 5.75 Å². The molecular weight excluding hydrogens is 214 g/mol. The quantitative estimate of drug-likeness (QED) is 0.735.